The maximum absolute atomic E-state index is 11.8. The summed E-state index contributed by atoms with van der Waals surface area (Å²) in [5.41, 5.74) is 3.83. The lowest BCUT2D eigenvalue weighted by Gasteiger charge is -2.10. The van der Waals surface area contributed by atoms with E-state index in [1.54, 1.807) is 6.07 Å². The molecule has 0 heterocycles. The minimum Gasteiger partial charge on any atom is -0.482 e. The van der Waals surface area contributed by atoms with Crippen molar-refractivity contribution >= 4 is 17.6 Å². The Kier molecular flexibility index (Phi) is 5.95. The highest BCUT2D eigenvalue weighted by Gasteiger charge is 2.10. The molecule has 5 heteroatoms. The van der Waals surface area contributed by atoms with Gasteiger partial charge in [0.05, 0.1) is 0 Å². The number of nitrogens with one attached hydrogen (secondary N) is 1. The zero-order valence-electron chi connectivity index (χ0n) is 14.1. The number of para-hydroxylation sites is 1. The Balaban J connectivity index is 1.76. The fourth-order valence-electron chi connectivity index (χ4n) is 2.06. The van der Waals surface area contributed by atoms with E-state index in [-0.39, 0.29) is 19.1 Å². The Labute approximate surface area is 141 Å². The van der Waals surface area contributed by atoms with E-state index in [4.69, 9.17) is 9.47 Å². The van der Waals surface area contributed by atoms with Gasteiger partial charge in [-0.25, -0.2) is 4.79 Å². The maximum atomic E-state index is 11.8. The number of aryl methyl sites for hydroxylation is 3. The third-order valence-electron chi connectivity index (χ3n) is 3.59. The molecule has 0 radical (unpaired) electrons. The first-order valence-corrected chi connectivity index (χ1v) is 7.67. The van der Waals surface area contributed by atoms with Crippen LogP contribution in [0.2, 0.25) is 0 Å². The van der Waals surface area contributed by atoms with Crippen molar-refractivity contribution in [2.24, 2.45) is 0 Å². The van der Waals surface area contributed by atoms with Gasteiger partial charge >= 0.3 is 5.97 Å². The van der Waals surface area contributed by atoms with Gasteiger partial charge in [-0.2, -0.15) is 0 Å². The van der Waals surface area contributed by atoms with Crippen LogP contribution in [0.15, 0.2) is 42.5 Å². The Morgan fingerprint density at radius 3 is 2.38 bits per heavy atom. The first-order valence-electron chi connectivity index (χ1n) is 7.67. The molecule has 5 nitrogen and oxygen atoms in total. The third kappa shape index (κ3) is 5.12. The summed E-state index contributed by atoms with van der Waals surface area (Å²) in [6.07, 6.45) is 0. The SMILES string of the molecule is Cc1ccc(NC(=O)COC(=O)COc2ccccc2C)cc1C. The third-order valence-corrected chi connectivity index (χ3v) is 3.59. The average molecular weight is 327 g/mol. The Morgan fingerprint density at radius 2 is 1.67 bits per heavy atom. The van der Waals surface area contributed by atoms with E-state index in [0.717, 1.165) is 16.7 Å². The van der Waals surface area contributed by atoms with Crippen LogP contribution in [0.3, 0.4) is 0 Å². The molecule has 126 valence electrons. The molecule has 2 rings (SSSR count). The van der Waals surface area contributed by atoms with Crippen molar-refractivity contribution in [3.05, 3.63) is 59.2 Å². The molecule has 2 aromatic carbocycles. The smallest absolute Gasteiger partial charge is 0.344 e. The molecular weight excluding hydrogens is 306 g/mol. The molecule has 24 heavy (non-hydrogen) atoms. The Bertz CT molecular complexity index is 740. The number of ether oxygens (including phenoxy) is 2. The van der Waals surface area contributed by atoms with Gasteiger partial charge in [-0.05, 0) is 55.7 Å². The van der Waals surface area contributed by atoms with Crippen LogP contribution in [0.4, 0.5) is 5.69 Å². The maximum Gasteiger partial charge on any atom is 0.344 e. The van der Waals surface area contributed by atoms with E-state index in [9.17, 15) is 9.59 Å². The highest BCUT2D eigenvalue weighted by molar-refractivity contribution is 5.93. The monoisotopic (exact) mass is 327 g/mol. The number of benzene rings is 2. The number of rotatable bonds is 6. The molecule has 0 aromatic heterocycles. The summed E-state index contributed by atoms with van der Waals surface area (Å²) >= 11 is 0. The van der Waals surface area contributed by atoms with Gasteiger partial charge in [-0.1, -0.05) is 24.3 Å². The molecule has 0 atom stereocenters. The van der Waals surface area contributed by atoms with Crippen LogP contribution in [-0.2, 0) is 14.3 Å². The van der Waals surface area contributed by atoms with E-state index in [1.807, 2.05) is 57.2 Å². The van der Waals surface area contributed by atoms with Crippen LogP contribution in [0.1, 0.15) is 16.7 Å². The second-order valence-electron chi connectivity index (χ2n) is 5.56. The molecule has 0 fully saturated rings. The van der Waals surface area contributed by atoms with E-state index < -0.39 is 5.97 Å². The number of hydrogen-bond donors (Lipinski definition) is 1. The molecule has 0 aliphatic rings. The summed E-state index contributed by atoms with van der Waals surface area (Å²) in [5.74, 6) is -0.356. The second kappa shape index (κ2) is 8.15. The number of anilines is 1. The number of amides is 1. The standard InChI is InChI=1S/C19H21NO4/c1-13-8-9-16(10-15(13)3)20-18(21)11-24-19(22)12-23-17-7-5-4-6-14(17)2/h4-10H,11-12H2,1-3H3,(H,20,21). The minimum atomic E-state index is -0.589. The van der Waals surface area contributed by atoms with Crippen molar-refractivity contribution in [3.8, 4) is 5.75 Å². The van der Waals surface area contributed by atoms with Crippen LogP contribution in [0.25, 0.3) is 0 Å². The molecule has 0 aliphatic carbocycles. The quantitative estimate of drug-likeness (QED) is 0.828. The van der Waals surface area contributed by atoms with Crippen LogP contribution >= 0.6 is 0 Å². The highest BCUT2D eigenvalue weighted by Crippen LogP contribution is 2.16. The molecule has 0 saturated heterocycles. The summed E-state index contributed by atoms with van der Waals surface area (Å²) < 4.78 is 10.3. The minimum absolute atomic E-state index is 0.234. The zero-order valence-corrected chi connectivity index (χ0v) is 14.1. The van der Waals surface area contributed by atoms with Crippen LogP contribution in [0, 0.1) is 20.8 Å². The van der Waals surface area contributed by atoms with Crippen molar-refractivity contribution in [2.45, 2.75) is 20.8 Å². The topological polar surface area (TPSA) is 64.6 Å². The summed E-state index contributed by atoms with van der Waals surface area (Å²) in [4.78, 5) is 23.5. The molecule has 0 unspecified atom stereocenters. The molecule has 0 saturated carbocycles. The number of carbonyl (C=O) groups excluding carboxylic acids is 2. The summed E-state index contributed by atoms with van der Waals surface area (Å²) in [6, 6.07) is 13.0. The summed E-state index contributed by atoms with van der Waals surface area (Å²) in [6.45, 7) is 5.27. The molecule has 2 aromatic rings. The van der Waals surface area contributed by atoms with E-state index in [1.165, 1.54) is 0 Å². The van der Waals surface area contributed by atoms with Crippen LogP contribution in [-0.4, -0.2) is 25.1 Å². The van der Waals surface area contributed by atoms with Crippen molar-refractivity contribution < 1.29 is 19.1 Å². The van der Waals surface area contributed by atoms with Gasteiger partial charge in [0.15, 0.2) is 13.2 Å². The van der Waals surface area contributed by atoms with Crippen molar-refractivity contribution in [3.63, 3.8) is 0 Å². The normalized spacial score (nSPS) is 10.1. The van der Waals surface area contributed by atoms with Gasteiger partial charge in [-0.15, -0.1) is 0 Å². The van der Waals surface area contributed by atoms with Crippen LogP contribution in [0.5, 0.6) is 5.75 Å². The second-order valence-corrected chi connectivity index (χ2v) is 5.56. The first-order chi connectivity index (χ1) is 11.5. The summed E-state index contributed by atoms with van der Waals surface area (Å²) in [5, 5.41) is 2.69. The lowest BCUT2D eigenvalue weighted by Crippen LogP contribution is -2.23. The fourth-order valence-corrected chi connectivity index (χ4v) is 2.06. The van der Waals surface area contributed by atoms with Gasteiger partial charge in [0.2, 0.25) is 0 Å². The average Bonchev–Trinajstić information content (AvgIpc) is 2.55. The fraction of sp³-hybridized carbons (Fsp3) is 0.263. The Morgan fingerprint density at radius 1 is 0.917 bits per heavy atom. The zero-order chi connectivity index (χ0) is 17.5. The molecule has 1 amide bonds. The van der Waals surface area contributed by atoms with Crippen molar-refractivity contribution in [1.82, 2.24) is 0 Å². The van der Waals surface area contributed by atoms with Gasteiger partial charge in [-0.3, -0.25) is 4.79 Å². The predicted molar refractivity (Wildman–Crippen MR) is 92.2 cm³/mol. The number of carbonyl (C=O) groups is 2. The van der Waals surface area contributed by atoms with Gasteiger partial charge < -0.3 is 14.8 Å². The van der Waals surface area contributed by atoms with E-state index >= 15 is 0 Å². The van der Waals surface area contributed by atoms with Gasteiger partial charge in [0, 0.05) is 5.69 Å². The van der Waals surface area contributed by atoms with Crippen molar-refractivity contribution in [2.75, 3.05) is 18.5 Å². The first kappa shape index (κ1) is 17.5. The van der Waals surface area contributed by atoms with Gasteiger partial charge in [0.25, 0.3) is 5.91 Å². The van der Waals surface area contributed by atoms with E-state index in [0.29, 0.717) is 11.4 Å². The molecule has 0 aliphatic heterocycles. The van der Waals surface area contributed by atoms with Crippen molar-refractivity contribution in [1.29, 1.82) is 0 Å². The van der Waals surface area contributed by atoms with Gasteiger partial charge in [0.1, 0.15) is 5.75 Å². The molecular formula is C19H21NO4. The number of hydrogen-bond acceptors (Lipinski definition) is 4. The van der Waals surface area contributed by atoms with E-state index in [2.05, 4.69) is 5.32 Å². The molecule has 0 bridgehead atoms. The molecule has 1 N–H and O–H groups in total. The number of esters is 1. The lowest BCUT2D eigenvalue weighted by atomic mass is 10.1. The highest BCUT2D eigenvalue weighted by atomic mass is 16.6. The molecule has 0 spiro atoms. The van der Waals surface area contributed by atoms with Crippen LogP contribution < -0.4 is 10.1 Å². The predicted octanol–water partition coefficient (Wildman–Crippen LogP) is 3.17. The Hall–Kier alpha value is -2.82. The largest absolute Gasteiger partial charge is 0.482 e. The lowest BCUT2D eigenvalue weighted by molar-refractivity contribution is -0.149. The summed E-state index contributed by atoms with van der Waals surface area (Å²) in [7, 11) is 0.